The summed E-state index contributed by atoms with van der Waals surface area (Å²) in [5.41, 5.74) is 0.745. The third-order valence-electron chi connectivity index (χ3n) is 2.95. The molecule has 1 aromatic carbocycles. The van der Waals surface area contributed by atoms with Gasteiger partial charge < -0.3 is 10.1 Å². The number of halogens is 2. The second kappa shape index (κ2) is 5.54. The zero-order valence-corrected chi connectivity index (χ0v) is 11.7. The van der Waals surface area contributed by atoms with Crippen molar-refractivity contribution in [2.45, 2.75) is 32.0 Å². The van der Waals surface area contributed by atoms with Gasteiger partial charge >= 0.3 is 6.61 Å². The number of nitrogens with one attached hydrogen (secondary N) is 1. The maximum absolute atomic E-state index is 12.1. The number of ether oxygens (including phenoxy) is 1. The van der Waals surface area contributed by atoms with Crippen LogP contribution >= 0.6 is 0 Å². The van der Waals surface area contributed by atoms with Crippen LogP contribution in [0.4, 0.5) is 8.78 Å². The maximum atomic E-state index is 12.1. The average molecular weight is 289 g/mol. The van der Waals surface area contributed by atoms with Crippen LogP contribution in [0.15, 0.2) is 24.3 Å². The zero-order chi connectivity index (χ0) is 14.0. The number of hydrogen-bond acceptors (Lipinski definition) is 3. The molecule has 1 saturated heterocycles. The molecule has 1 aromatic rings. The van der Waals surface area contributed by atoms with Gasteiger partial charge in [-0.2, -0.15) is 8.78 Å². The maximum Gasteiger partial charge on any atom is 0.387 e. The van der Waals surface area contributed by atoms with Gasteiger partial charge in [-0.25, -0.2) is 0 Å². The molecule has 0 aromatic heterocycles. The SMILES string of the molecule is CC1(C)CS(=O)CC(c2ccc(OC(F)F)cc2)N1. The van der Waals surface area contributed by atoms with Gasteiger partial charge in [-0.05, 0) is 31.5 Å². The van der Waals surface area contributed by atoms with Crippen LogP contribution in [0.2, 0.25) is 0 Å². The predicted molar refractivity (Wildman–Crippen MR) is 70.9 cm³/mol. The summed E-state index contributed by atoms with van der Waals surface area (Å²) in [6.45, 7) is 1.20. The summed E-state index contributed by atoms with van der Waals surface area (Å²) < 4.78 is 40.2. The Kier molecular flexibility index (Phi) is 4.20. The lowest BCUT2D eigenvalue weighted by molar-refractivity contribution is -0.0498. The Balaban J connectivity index is 2.11. The molecule has 1 aliphatic heterocycles. The van der Waals surface area contributed by atoms with Gasteiger partial charge in [0, 0.05) is 33.9 Å². The first-order valence-corrected chi connectivity index (χ1v) is 7.52. The average Bonchev–Trinajstić information content (AvgIpc) is 2.26. The Morgan fingerprint density at radius 1 is 1.37 bits per heavy atom. The van der Waals surface area contributed by atoms with E-state index < -0.39 is 17.4 Å². The topological polar surface area (TPSA) is 38.3 Å². The zero-order valence-electron chi connectivity index (χ0n) is 10.9. The fourth-order valence-electron chi connectivity index (χ4n) is 2.26. The van der Waals surface area contributed by atoms with Gasteiger partial charge in [0.05, 0.1) is 0 Å². The number of hydrogen-bond donors (Lipinski definition) is 1. The van der Waals surface area contributed by atoms with Crippen LogP contribution < -0.4 is 10.1 Å². The van der Waals surface area contributed by atoms with Crippen LogP contribution in [0.5, 0.6) is 5.75 Å². The van der Waals surface area contributed by atoms with Gasteiger partial charge in [0.25, 0.3) is 0 Å². The van der Waals surface area contributed by atoms with Gasteiger partial charge in [0.15, 0.2) is 0 Å². The molecule has 6 heteroatoms. The first kappa shape index (κ1) is 14.4. The molecule has 106 valence electrons. The van der Waals surface area contributed by atoms with E-state index in [1.807, 2.05) is 13.8 Å². The second-order valence-corrected chi connectivity index (χ2v) is 6.78. The molecule has 1 aliphatic rings. The van der Waals surface area contributed by atoms with E-state index in [1.54, 1.807) is 12.1 Å². The van der Waals surface area contributed by atoms with Crippen LogP contribution in [0.3, 0.4) is 0 Å². The molecule has 0 aliphatic carbocycles. The molecule has 1 fully saturated rings. The fraction of sp³-hybridized carbons (Fsp3) is 0.538. The molecule has 0 saturated carbocycles. The van der Waals surface area contributed by atoms with E-state index in [4.69, 9.17) is 0 Å². The van der Waals surface area contributed by atoms with Crippen LogP contribution in [-0.4, -0.2) is 27.9 Å². The van der Waals surface area contributed by atoms with E-state index in [2.05, 4.69) is 10.1 Å². The van der Waals surface area contributed by atoms with Gasteiger partial charge in [0.1, 0.15) is 5.75 Å². The van der Waals surface area contributed by atoms with Crippen molar-refractivity contribution in [2.24, 2.45) is 0 Å². The van der Waals surface area contributed by atoms with E-state index in [9.17, 15) is 13.0 Å². The number of benzene rings is 1. The standard InChI is InChI=1S/C13H17F2NO2S/c1-13(2)8-19(17)7-11(16-13)9-3-5-10(6-4-9)18-12(14)15/h3-6,11-12,16H,7-8H2,1-2H3. The van der Waals surface area contributed by atoms with E-state index in [1.165, 1.54) is 12.1 Å². The van der Waals surface area contributed by atoms with Crippen molar-refractivity contribution in [1.82, 2.24) is 5.32 Å². The van der Waals surface area contributed by atoms with Crippen molar-refractivity contribution in [2.75, 3.05) is 11.5 Å². The van der Waals surface area contributed by atoms with Gasteiger partial charge in [-0.15, -0.1) is 0 Å². The molecule has 2 atom stereocenters. The van der Waals surface area contributed by atoms with E-state index in [-0.39, 0.29) is 17.3 Å². The molecule has 3 nitrogen and oxygen atoms in total. The Hall–Kier alpha value is -1.01. The molecule has 19 heavy (non-hydrogen) atoms. The molecule has 1 heterocycles. The number of alkyl halides is 2. The van der Waals surface area contributed by atoms with Gasteiger partial charge in [-0.1, -0.05) is 12.1 Å². The highest BCUT2D eigenvalue weighted by molar-refractivity contribution is 7.85. The van der Waals surface area contributed by atoms with Crippen LogP contribution in [0.1, 0.15) is 25.5 Å². The molecule has 1 N–H and O–H groups in total. The molecule has 0 amide bonds. The van der Waals surface area contributed by atoms with Crippen LogP contribution in [-0.2, 0) is 10.8 Å². The van der Waals surface area contributed by atoms with Crippen LogP contribution in [0, 0.1) is 0 Å². The fourth-order valence-corrected chi connectivity index (χ4v) is 3.92. The minimum atomic E-state index is -2.81. The summed E-state index contributed by atoms with van der Waals surface area (Å²) in [4.78, 5) is 0. The van der Waals surface area contributed by atoms with Crippen molar-refractivity contribution in [3.63, 3.8) is 0 Å². The summed E-state index contributed by atoms with van der Waals surface area (Å²) >= 11 is 0. The van der Waals surface area contributed by atoms with Gasteiger partial charge in [-0.3, -0.25) is 4.21 Å². The summed E-state index contributed by atoms with van der Waals surface area (Å²) in [5.74, 6) is 1.30. The minimum Gasteiger partial charge on any atom is -0.435 e. The molecule has 0 spiro atoms. The summed E-state index contributed by atoms with van der Waals surface area (Å²) in [6.07, 6.45) is 0. The van der Waals surface area contributed by atoms with E-state index >= 15 is 0 Å². The third-order valence-corrected chi connectivity index (χ3v) is 4.70. The Morgan fingerprint density at radius 3 is 2.53 bits per heavy atom. The predicted octanol–water partition coefficient (Wildman–Crippen LogP) is 2.46. The largest absolute Gasteiger partial charge is 0.435 e. The highest BCUT2D eigenvalue weighted by atomic mass is 32.2. The first-order valence-electron chi connectivity index (χ1n) is 6.03. The van der Waals surface area contributed by atoms with Crippen molar-refractivity contribution < 1.29 is 17.7 Å². The van der Waals surface area contributed by atoms with Crippen molar-refractivity contribution >= 4 is 10.8 Å². The number of rotatable bonds is 3. The molecular formula is C13H17F2NO2S. The molecule has 0 radical (unpaired) electrons. The Bertz CT molecular complexity index is 462. The molecular weight excluding hydrogens is 272 g/mol. The summed E-state index contributed by atoms with van der Waals surface area (Å²) in [7, 11) is -0.868. The second-order valence-electron chi connectivity index (χ2n) is 5.28. The normalized spacial score (nSPS) is 26.4. The molecule has 2 rings (SSSR count). The quantitative estimate of drug-likeness (QED) is 0.929. The van der Waals surface area contributed by atoms with E-state index in [0.29, 0.717) is 11.5 Å². The highest BCUT2D eigenvalue weighted by Gasteiger charge is 2.31. The monoisotopic (exact) mass is 289 g/mol. The molecule has 0 bridgehead atoms. The minimum absolute atomic E-state index is 0.0230. The molecule has 2 unspecified atom stereocenters. The Morgan fingerprint density at radius 2 is 2.00 bits per heavy atom. The lowest BCUT2D eigenvalue weighted by Crippen LogP contribution is -2.52. The van der Waals surface area contributed by atoms with Crippen molar-refractivity contribution in [3.05, 3.63) is 29.8 Å². The smallest absolute Gasteiger partial charge is 0.387 e. The van der Waals surface area contributed by atoms with Crippen molar-refractivity contribution in [3.8, 4) is 5.75 Å². The first-order chi connectivity index (χ1) is 8.85. The lowest BCUT2D eigenvalue weighted by Gasteiger charge is -2.36. The Labute approximate surface area is 113 Å². The summed E-state index contributed by atoms with van der Waals surface area (Å²) in [5, 5.41) is 3.42. The lowest BCUT2D eigenvalue weighted by atomic mass is 10.0. The van der Waals surface area contributed by atoms with Crippen LogP contribution in [0.25, 0.3) is 0 Å². The van der Waals surface area contributed by atoms with Gasteiger partial charge in [0.2, 0.25) is 0 Å². The summed E-state index contributed by atoms with van der Waals surface area (Å²) in [6, 6.07) is 6.45. The van der Waals surface area contributed by atoms with E-state index in [0.717, 1.165) is 5.56 Å². The third kappa shape index (κ3) is 3.98. The highest BCUT2D eigenvalue weighted by Crippen LogP contribution is 2.26. The van der Waals surface area contributed by atoms with Crippen molar-refractivity contribution in [1.29, 1.82) is 0 Å².